The summed E-state index contributed by atoms with van der Waals surface area (Å²) in [7, 11) is -3.14. The standard InChI is InChI=1S/C15H23N3O3S.ClH/c1-2-11-22(20,21)18-9-7-12(8-10-18)17-15(19)13-5-3-4-6-14(13)16;/h3-6,12H,2,7-11,16H2,1H3,(H,17,19);1H. The number of piperidine rings is 1. The zero-order valence-corrected chi connectivity index (χ0v) is 14.8. The maximum absolute atomic E-state index is 12.2. The molecule has 1 aliphatic rings. The molecule has 0 spiro atoms. The molecule has 130 valence electrons. The third-order valence-electron chi connectivity index (χ3n) is 3.85. The molecular formula is C15H24ClN3O3S. The van der Waals surface area contributed by atoms with Gasteiger partial charge in [-0.25, -0.2) is 12.7 Å². The van der Waals surface area contributed by atoms with E-state index in [9.17, 15) is 13.2 Å². The van der Waals surface area contributed by atoms with E-state index in [1.165, 1.54) is 4.31 Å². The minimum Gasteiger partial charge on any atom is -0.398 e. The van der Waals surface area contributed by atoms with Crippen molar-refractivity contribution < 1.29 is 13.2 Å². The number of sulfonamides is 1. The number of nitrogens with two attached hydrogens (primary N) is 1. The minimum absolute atomic E-state index is 0. The second kappa shape index (κ2) is 8.52. The van der Waals surface area contributed by atoms with Gasteiger partial charge in [0.15, 0.2) is 0 Å². The summed E-state index contributed by atoms with van der Waals surface area (Å²) in [5.74, 6) is -0.0159. The van der Waals surface area contributed by atoms with Crippen LogP contribution in [0, 0.1) is 0 Å². The predicted octanol–water partition coefficient (Wildman–Crippen LogP) is 1.62. The Morgan fingerprint density at radius 1 is 1.30 bits per heavy atom. The lowest BCUT2D eigenvalue weighted by Gasteiger charge is -2.31. The molecule has 1 aromatic carbocycles. The van der Waals surface area contributed by atoms with E-state index in [0.29, 0.717) is 43.6 Å². The lowest BCUT2D eigenvalue weighted by molar-refractivity contribution is 0.0925. The highest BCUT2D eigenvalue weighted by Crippen LogP contribution is 2.17. The highest BCUT2D eigenvalue weighted by molar-refractivity contribution is 7.89. The van der Waals surface area contributed by atoms with Crippen LogP contribution in [0.1, 0.15) is 36.5 Å². The van der Waals surface area contributed by atoms with Crippen molar-refractivity contribution in [2.75, 3.05) is 24.6 Å². The number of carbonyl (C=O) groups excluding carboxylic acids is 1. The van der Waals surface area contributed by atoms with Gasteiger partial charge in [0.25, 0.3) is 5.91 Å². The Morgan fingerprint density at radius 2 is 1.91 bits per heavy atom. The van der Waals surface area contributed by atoms with Gasteiger partial charge in [-0.2, -0.15) is 0 Å². The van der Waals surface area contributed by atoms with Crippen LogP contribution in [0.4, 0.5) is 5.69 Å². The van der Waals surface area contributed by atoms with Crippen molar-refractivity contribution in [1.29, 1.82) is 0 Å². The second-order valence-corrected chi connectivity index (χ2v) is 7.64. The highest BCUT2D eigenvalue weighted by Gasteiger charge is 2.28. The lowest BCUT2D eigenvalue weighted by atomic mass is 10.1. The maximum atomic E-state index is 12.2. The molecule has 23 heavy (non-hydrogen) atoms. The Hall–Kier alpha value is -1.31. The highest BCUT2D eigenvalue weighted by atomic mass is 35.5. The van der Waals surface area contributed by atoms with E-state index in [-0.39, 0.29) is 30.1 Å². The number of nitrogens with one attached hydrogen (secondary N) is 1. The van der Waals surface area contributed by atoms with Gasteiger partial charge in [-0.15, -0.1) is 12.4 Å². The fourth-order valence-electron chi connectivity index (χ4n) is 2.63. The molecule has 1 amide bonds. The summed E-state index contributed by atoms with van der Waals surface area (Å²) in [5.41, 5.74) is 6.70. The second-order valence-electron chi connectivity index (χ2n) is 5.55. The van der Waals surface area contributed by atoms with Crippen LogP contribution < -0.4 is 11.1 Å². The Labute approximate surface area is 143 Å². The molecule has 0 aromatic heterocycles. The number of rotatable bonds is 5. The molecule has 6 nitrogen and oxygen atoms in total. The number of amides is 1. The summed E-state index contributed by atoms with van der Waals surface area (Å²) in [6, 6.07) is 6.91. The van der Waals surface area contributed by atoms with Crippen molar-refractivity contribution >= 4 is 34.0 Å². The van der Waals surface area contributed by atoms with Crippen LogP contribution in [0.15, 0.2) is 24.3 Å². The van der Waals surface area contributed by atoms with Crippen LogP contribution >= 0.6 is 12.4 Å². The average molecular weight is 362 g/mol. The van der Waals surface area contributed by atoms with E-state index in [2.05, 4.69) is 5.32 Å². The lowest BCUT2D eigenvalue weighted by Crippen LogP contribution is -2.47. The van der Waals surface area contributed by atoms with E-state index < -0.39 is 10.0 Å². The van der Waals surface area contributed by atoms with Gasteiger partial charge in [0.05, 0.1) is 11.3 Å². The molecule has 0 atom stereocenters. The number of hydrogen-bond donors (Lipinski definition) is 2. The van der Waals surface area contributed by atoms with E-state index in [0.717, 1.165) is 0 Å². The fourth-order valence-corrected chi connectivity index (χ4v) is 4.17. The summed E-state index contributed by atoms with van der Waals surface area (Å²) < 4.78 is 25.5. The number of hydrogen-bond acceptors (Lipinski definition) is 4. The largest absolute Gasteiger partial charge is 0.398 e. The van der Waals surface area contributed by atoms with Gasteiger partial charge in [0.2, 0.25) is 10.0 Å². The first-order valence-corrected chi connectivity index (χ1v) is 9.18. The van der Waals surface area contributed by atoms with Gasteiger partial charge in [-0.05, 0) is 31.4 Å². The fraction of sp³-hybridized carbons (Fsp3) is 0.533. The average Bonchev–Trinajstić information content (AvgIpc) is 2.48. The third kappa shape index (κ3) is 5.09. The summed E-state index contributed by atoms with van der Waals surface area (Å²) in [6.07, 6.45) is 1.87. The number of para-hydroxylation sites is 1. The predicted molar refractivity (Wildman–Crippen MR) is 94.2 cm³/mol. The van der Waals surface area contributed by atoms with Crippen molar-refractivity contribution in [3.05, 3.63) is 29.8 Å². The summed E-state index contributed by atoms with van der Waals surface area (Å²) in [6.45, 7) is 2.77. The number of carbonyl (C=O) groups is 1. The van der Waals surface area contributed by atoms with Crippen molar-refractivity contribution in [2.45, 2.75) is 32.2 Å². The van der Waals surface area contributed by atoms with Crippen molar-refractivity contribution in [3.63, 3.8) is 0 Å². The number of nitrogens with zero attached hydrogens (tertiary/aromatic N) is 1. The van der Waals surface area contributed by atoms with E-state index in [1.807, 2.05) is 6.92 Å². The van der Waals surface area contributed by atoms with Gasteiger partial charge < -0.3 is 11.1 Å². The molecule has 0 aliphatic carbocycles. The van der Waals surface area contributed by atoms with Crippen LogP contribution in [0.3, 0.4) is 0 Å². The van der Waals surface area contributed by atoms with Crippen LogP contribution in [0.5, 0.6) is 0 Å². The maximum Gasteiger partial charge on any atom is 0.253 e. The summed E-state index contributed by atoms with van der Waals surface area (Å²) in [5, 5.41) is 2.94. The molecular weight excluding hydrogens is 338 g/mol. The van der Waals surface area contributed by atoms with E-state index in [4.69, 9.17) is 5.73 Å². The van der Waals surface area contributed by atoms with Gasteiger partial charge in [-0.3, -0.25) is 4.79 Å². The van der Waals surface area contributed by atoms with Crippen LogP contribution in [-0.4, -0.2) is 43.5 Å². The van der Waals surface area contributed by atoms with Crippen LogP contribution in [0.2, 0.25) is 0 Å². The first-order valence-electron chi connectivity index (χ1n) is 7.57. The van der Waals surface area contributed by atoms with Crippen molar-refractivity contribution in [2.24, 2.45) is 0 Å². The molecule has 1 saturated heterocycles. The van der Waals surface area contributed by atoms with Crippen molar-refractivity contribution in [1.82, 2.24) is 9.62 Å². The number of benzene rings is 1. The zero-order chi connectivity index (χ0) is 16.2. The number of nitrogen functional groups attached to an aromatic ring is 1. The molecule has 1 aliphatic heterocycles. The molecule has 2 rings (SSSR count). The normalized spacial score (nSPS) is 16.6. The van der Waals surface area contributed by atoms with Crippen LogP contribution in [-0.2, 0) is 10.0 Å². The minimum atomic E-state index is -3.14. The van der Waals surface area contributed by atoms with Gasteiger partial charge in [-0.1, -0.05) is 19.1 Å². The van der Waals surface area contributed by atoms with E-state index >= 15 is 0 Å². The summed E-state index contributed by atoms with van der Waals surface area (Å²) >= 11 is 0. The van der Waals surface area contributed by atoms with E-state index in [1.54, 1.807) is 24.3 Å². The van der Waals surface area contributed by atoms with Gasteiger partial charge in [0.1, 0.15) is 0 Å². The smallest absolute Gasteiger partial charge is 0.253 e. The summed E-state index contributed by atoms with van der Waals surface area (Å²) in [4.78, 5) is 12.2. The monoisotopic (exact) mass is 361 g/mol. The Balaban J connectivity index is 0.00000264. The Kier molecular flexibility index (Phi) is 7.31. The van der Waals surface area contributed by atoms with Crippen molar-refractivity contribution in [3.8, 4) is 0 Å². The third-order valence-corrected chi connectivity index (χ3v) is 5.93. The Bertz CT molecular complexity index is 629. The molecule has 0 unspecified atom stereocenters. The van der Waals surface area contributed by atoms with Gasteiger partial charge in [0, 0.05) is 24.8 Å². The number of anilines is 1. The first kappa shape index (κ1) is 19.7. The SMILES string of the molecule is CCCS(=O)(=O)N1CCC(NC(=O)c2ccccc2N)CC1.Cl. The molecule has 0 saturated carbocycles. The van der Waals surface area contributed by atoms with Crippen LogP contribution in [0.25, 0.3) is 0 Å². The topological polar surface area (TPSA) is 92.5 Å². The molecule has 3 N–H and O–H groups in total. The molecule has 8 heteroatoms. The quantitative estimate of drug-likeness (QED) is 0.779. The Morgan fingerprint density at radius 3 is 2.48 bits per heavy atom. The first-order chi connectivity index (χ1) is 10.4. The molecule has 0 radical (unpaired) electrons. The molecule has 0 bridgehead atoms. The van der Waals surface area contributed by atoms with Gasteiger partial charge >= 0.3 is 0 Å². The zero-order valence-electron chi connectivity index (χ0n) is 13.2. The number of halogens is 1. The molecule has 1 aromatic rings. The molecule has 1 fully saturated rings. The molecule has 1 heterocycles.